The predicted octanol–water partition coefficient (Wildman–Crippen LogP) is -0.119. The van der Waals surface area contributed by atoms with Crippen LogP contribution in [0.25, 0.3) is 0 Å². The quantitative estimate of drug-likeness (QED) is 0.562. The molecule has 1 heterocycles. The van der Waals surface area contributed by atoms with Crippen molar-refractivity contribution in [3.05, 3.63) is 0 Å². The van der Waals surface area contributed by atoms with E-state index in [-0.39, 0.29) is 10.7 Å². The second kappa shape index (κ2) is 2.97. The molecule has 0 radical (unpaired) electrons. The van der Waals surface area contributed by atoms with E-state index in [0.717, 1.165) is 0 Å². The molecule has 1 fully saturated rings. The fourth-order valence-corrected chi connectivity index (χ4v) is 3.11. The lowest BCUT2D eigenvalue weighted by atomic mass is 9.91. The molecule has 1 aliphatic heterocycles. The van der Waals surface area contributed by atoms with Gasteiger partial charge < -0.3 is 5.32 Å². The van der Waals surface area contributed by atoms with E-state index in [0.29, 0.717) is 13.2 Å². The van der Waals surface area contributed by atoms with Crippen molar-refractivity contribution in [2.75, 3.05) is 13.2 Å². The largest absolute Gasteiger partial charge is 0.302 e. The summed E-state index contributed by atoms with van der Waals surface area (Å²) in [6.07, 6.45) is 0. The van der Waals surface area contributed by atoms with Crippen molar-refractivity contribution in [1.29, 1.82) is 0 Å². The molecule has 1 aliphatic rings. The van der Waals surface area contributed by atoms with E-state index in [1.165, 1.54) is 0 Å². The van der Waals surface area contributed by atoms with Crippen molar-refractivity contribution in [1.82, 2.24) is 10.0 Å². The van der Waals surface area contributed by atoms with Gasteiger partial charge in [-0.3, -0.25) is 0 Å². The first kappa shape index (κ1) is 9.95. The predicted molar refractivity (Wildman–Crippen MR) is 48.2 cm³/mol. The highest BCUT2D eigenvalue weighted by Crippen LogP contribution is 2.25. The molecule has 4 nitrogen and oxygen atoms in total. The molecule has 1 rings (SSSR count). The maximum atomic E-state index is 11.5. The van der Waals surface area contributed by atoms with Crippen molar-refractivity contribution >= 4 is 10.0 Å². The van der Waals surface area contributed by atoms with Crippen LogP contribution in [-0.2, 0) is 10.0 Å². The minimum atomic E-state index is -3.09. The fraction of sp³-hybridized carbons (Fsp3) is 1.00. The summed E-state index contributed by atoms with van der Waals surface area (Å²) in [5, 5.41) is 2.67. The van der Waals surface area contributed by atoms with Gasteiger partial charge in [0, 0.05) is 6.54 Å². The van der Waals surface area contributed by atoms with Crippen molar-refractivity contribution in [2.24, 2.45) is 5.41 Å². The van der Waals surface area contributed by atoms with Gasteiger partial charge in [0.15, 0.2) is 0 Å². The first-order chi connectivity index (χ1) is 5.34. The maximum Gasteiger partial charge on any atom is 0.217 e. The monoisotopic (exact) mass is 192 g/mol. The van der Waals surface area contributed by atoms with E-state index >= 15 is 0 Å². The zero-order chi connectivity index (χ0) is 9.41. The molecular weight excluding hydrogens is 176 g/mol. The molecule has 0 aliphatic carbocycles. The van der Waals surface area contributed by atoms with Crippen molar-refractivity contribution < 1.29 is 8.42 Å². The Labute approximate surface area is 73.8 Å². The third kappa shape index (κ3) is 1.97. The van der Waals surface area contributed by atoms with Gasteiger partial charge in [-0.05, 0) is 5.41 Å². The average Bonchev–Trinajstić information content (AvgIpc) is 1.83. The van der Waals surface area contributed by atoms with Gasteiger partial charge in [0.2, 0.25) is 10.0 Å². The molecule has 0 aromatic heterocycles. The molecule has 1 atom stereocenters. The van der Waals surface area contributed by atoms with Crippen LogP contribution in [0.5, 0.6) is 0 Å². The second-order valence-electron chi connectivity index (χ2n) is 4.17. The van der Waals surface area contributed by atoms with Crippen molar-refractivity contribution in [3.63, 3.8) is 0 Å². The summed E-state index contributed by atoms with van der Waals surface area (Å²) in [5.41, 5.74) is -0.209. The van der Waals surface area contributed by atoms with E-state index in [4.69, 9.17) is 0 Å². The van der Waals surface area contributed by atoms with Crippen molar-refractivity contribution in [2.45, 2.75) is 26.0 Å². The number of sulfonamides is 1. The summed E-state index contributed by atoms with van der Waals surface area (Å²) in [7, 11) is -3.09. The lowest BCUT2D eigenvalue weighted by molar-refractivity contribution is 0.348. The first-order valence-corrected chi connectivity index (χ1v) is 5.58. The summed E-state index contributed by atoms with van der Waals surface area (Å²) >= 11 is 0. The maximum absolute atomic E-state index is 11.5. The summed E-state index contributed by atoms with van der Waals surface area (Å²) in [5.74, 6) is 0. The highest BCUT2D eigenvalue weighted by molar-refractivity contribution is 7.90. The molecule has 0 saturated carbocycles. The summed E-state index contributed by atoms with van der Waals surface area (Å²) < 4.78 is 25.4. The zero-order valence-electron chi connectivity index (χ0n) is 7.72. The molecule has 0 aromatic carbocycles. The number of hydrogen-bond acceptors (Lipinski definition) is 3. The van der Waals surface area contributed by atoms with Gasteiger partial charge in [0.25, 0.3) is 0 Å². The minimum Gasteiger partial charge on any atom is -0.302 e. The smallest absolute Gasteiger partial charge is 0.217 e. The van der Waals surface area contributed by atoms with E-state index < -0.39 is 10.0 Å². The summed E-state index contributed by atoms with van der Waals surface area (Å²) in [6, 6.07) is 0. The van der Waals surface area contributed by atoms with Crippen LogP contribution in [0.15, 0.2) is 0 Å². The Morgan fingerprint density at radius 1 is 1.33 bits per heavy atom. The van der Waals surface area contributed by atoms with Crippen LogP contribution < -0.4 is 10.0 Å². The van der Waals surface area contributed by atoms with Gasteiger partial charge in [0.1, 0.15) is 0 Å². The SMILES string of the molecule is CC(C)(C)C1CNCNS1(=O)=O. The number of rotatable bonds is 0. The lowest BCUT2D eigenvalue weighted by Gasteiger charge is -2.33. The summed E-state index contributed by atoms with van der Waals surface area (Å²) in [4.78, 5) is 0. The first-order valence-electron chi connectivity index (χ1n) is 4.03. The van der Waals surface area contributed by atoms with Gasteiger partial charge >= 0.3 is 0 Å². The zero-order valence-corrected chi connectivity index (χ0v) is 8.53. The molecule has 0 amide bonds. The van der Waals surface area contributed by atoms with Gasteiger partial charge in [-0.2, -0.15) is 0 Å². The van der Waals surface area contributed by atoms with Gasteiger partial charge in [-0.25, -0.2) is 13.1 Å². The van der Waals surface area contributed by atoms with E-state index in [1.807, 2.05) is 20.8 Å². The second-order valence-corrected chi connectivity index (χ2v) is 6.12. The molecule has 0 aromatic rings. The van der Waals surface area contributed by atoms with Crippen LogP contribution in [0.2, 0.25) is 0 Å². The van der Waals surface area contributed by atoms with Crippen LogP contribution >= 0.6 is 0 Å². The van der Waals surface area contributed by atoms with E-state index in [9.17, 15) is 8.42 Å². The molecule has 1 saturated heterocycles. The summed E-state index contributed by atoms with van der Waals surface area (Å²) in [6.45, 7) is 6.70. The molecule has 12 heavy (non-hydrogen) atoms. The fourth-order valence-electron chi connectivity index (χ4n) is 1.34. The number of hydrogen-bond donors (Lipinski definition) is 2. The van der Waals surface area contributed by atoms with Crippen LogP contribution in [0.4, 0.5) is 0 Å². The van der Waals surface area contributed by atoms with Gasteiger partial charge in [0.05, 0.1) is 11.9 Å². The van der Waals surface area contributed by atoms with E-state index in [1.54, 1.807) is 0 Å². The average molecular weight is 192 g/mol. The molecule has 5 heteroatoms. The number of nitrogens with one attached hydrogen (secondary N) is 2. The Bertz CT molecular complexity index is 253. The highest BCUT2D eigenvalue weighted by Gasteiger charge is 2.37. The third-order valence-corrected chi connectivity index (χ3v) is 4.24. The Morgan fingerprint density at radius 2 is 1.92 bits per heavy atom. The van der Waals surface area contributed by atoms with Crippen molar-refractivity contribution in [3.8, 4) is 0 Å². The Hall–Kier alpha value is -0.130. The molecule has 1 unspecified atom stereocenters. The highest BCUT2D eigenvalue weighted by atomic mass is 32.2. The molecular formula is C7H16N2O2S. The normalized spacial score (nSPS) is 30.1. The van der Waals surface area contributed by atoms with E-state index in [2.05, 4.69) is 10.0 Å². The lowest BCUT2D eigenvalue weighted by Crippen LogP contribution is -2.55. The minimum absolute atomic E-state index is 0.209. The standard InChI is InChI=1S/C7H16N2O2S/c1-7(2,3)6-4-8-5-9-12(6,10)11/h6,8-9H,4-5H2,1-3H3. The molecule has 0 spiro atoms. The Balaban J connectivity index is 2.89. The van der Waals surface area contributed by atoms with Gasteiger partial charge in [-0.1, -0.05) is 20.8 Å². The van der Waals surface area contributed by atoms with Crippen LogP contribution in [0, 0.1) is 5.41 Å². The molecule has 72 valence electrons. The van der Waals surface area contributed by atoms with Crippen LogP contribution in [-0.4, -0.2) is 26.9 Å². The van der Waals surface area contributed by atoms with Crippen LogP contribution in [0.1, 0.15) is 20.8 Å². The third-order valence-electron chi connectivity index (χ3n) is 2.07. The Kier molecular flexibility index (Phi) is 2.47. The van der Waals surface area contributed by atoms with Crippen LogP contribution in [0.3, 0.4) is 0 Å². The topological polar surface area (TPSA) is 58.2 Å². The Morgan fingerprint density at radius 3 is 2.25 bits per heavy atom. The molecule has 0 bridgehead atoms. The van der Waals surface area contributed by atoms with Gasteiger partial charge in [-0.15, -0.1) is 0 Å². The molecule has 2 N–H and O–H groups in total.